The number of hydrogen-bond donors (Lipinski definition) is 4. The normalized spacial score (nSPS) is 21.9. The standard InChI is InChI=1S/C32H32ClF3N10O4/c1-43-25(22-15-46(42-27(22)32(34,35)36)26-5-2-18(37)8-39-26)10-40-28(43)29(48)41-19-3-4-21(23(33)6-19)30(49)44-11-16-13-45(14-17(16)12-44)31(50)24-7-20(47)9-38-24/h2-6,8,10,15-17,20,24,38,47H,7,9,11-14,37H2,1H3,(H,41,48)/t16?,17?,20-,24+/m1/s1. The molecule has 14 nitrogen and oxygen atoms in total. The second-order valence-corrected chi connectivity index (χ2v) is 13.2. The number of aromatic nitrogens is 5. The van der Waals surface area contributed by atoms with Crippen LogP contribution in [0.25, 0.3) is 17.1 Å². The van der Waals surface area contributed by atoms with Crippen molar-refractivity contribution in [1.29, 1.82) is 0 Å². The zero-order chi connectivity index (χ0) is 35.5. The van der Waals surface area contributed by atoms with Crippen molar-refractivity contribution in [3.8, 4) is 17.1 Å². The number of nitrogens with one attached hydrogen (secondary N) is 2. The lowest BCUT2D eigenvalue weighted by molar-refractivity contribution is -0.140. The molecular formula is C32H32ClF3N10O4. The molecule has 7 rings (SSSR count). The predicted molar refractivity (Wildman–Crippen MR) is 174 cm³/mol. The lowest BCUT2D eigenvalue weighted by atomic mass is 10.0. The molecule has 18 heteroatoms. The number of pyridine rings is 1. The first-order valence-electron chi connectivity index (χ1n) is 15.8. The molecule has 50 heavy (non-hydrogen) atoms. The SMILES string of the molecule is Cn1c(-c2cn(-c3ccc(N)cn3)nc2C(F)(F)F)cnc1C(=O)Nc1ccc(C(=O)N2CC3CN(C(=O)[C@@H]4C[C@@H](O)CN4)CC3C2)c(Cl)c1. The van der Waals surface area contributed by atoms with E-state index in [9.17, 15) is 32.7 Å². The average Bonchev–Trinajstić information content (AvgIpc) is 3.89. The minimum absolute atomic E-state index is 0.0139. The van der Waals surface area contributed by atoms with Crippen molar-refractivity contribution in [3.05, 3.63) is 71.0 Å². The summed E-state index contributed by atoms with van der Waals surface area (Å²) in [5.74, 6) is -0.826. The molecule has 0 saturated carbocycles. The quantitative estimate of drug-likeness (QED) is 0.234. The number of aliphatic hydroxyl groups is 1. The number of hydrogen-bond acceptors (Lipinski definition) is 9. The Morgan fingerprint density at radius 3 is 2.38 bits per heavy atom. The maximum Gasteiger partial charge on any atom is 0.435 e. The number of carbonyl (C=O) groups excluding carboxylic acids is 3. The topological polar surface area (TPSA) is 177 Å². The molecule has 5 N–H and O–H groups in total. The van der Waals surface area contributed by atoms with Crippen LogP contribution in [0.5, 0.6) is 0 Å². The van der Waals surface area contributed by atoms with Gasteiger partial charge in [0.05, 0.1) is 52.1 Å². The number of alkyl halides is 3. The van der Waals surface area contributed by atoms with E-state index in [1.807, 2.05) is 4.90 Å². The molecule has 1 aromatic carbocycles. The van der Waals surface area contributed by atoms with Crippen molar-refractivity contribution in [2.75, 3.05) is 43.8 Å². The lowest BCUT2D eigenvalue weighted by Crippen LogP contribution is -2.44. The Hall–Kier alpha value is -5.00. The van der Waals surface area contributed by atoms with Crippen molar-refractivity contribution in [1.82, 2.24) is 39.4 Å². The number of nitrogens with two attached hydrogens (primary N) is 1. The molecule has 0 radical (unpaired) electrons. The van der Waals surface area contributed by atoms with E-state index in [1.54, 1.807) is 4.90 Å². The fraction of sp³-hybridized carbons (Fsp3) is 0.375. The van der Waals surface area contributed by atoms with Crippen LogP contribution in [0.2, 0.25) is 5.02 Å². The number of nitrogens with zero attached hydrogens (tertiary/aromatic N) is 7. The number of halogens is 4. The number of amides is 3. The molecular weight excluding hydrogens is 681 g/mol. The highest BCUT2D eigenvalue weighted by molar-refractivity contribution is 6.34. The highest BCUT2D eigenvalue weighted by atomic mass is 35.5. The van der Waals surface area contributed by atoms with Crippen LogP contribution >= 0.6 is 11.6 Å². The lowest BCUT2D eigenvalue weighted by Gasteiger charge is -2.24. The molecule has 3 saturated heterocycles. The second-order valence-electron chi connectivity index (χ2n) is 12.8. The van der Waals surface area contributed by atoms with Gasteiger partial charge in [0.25, 0.3) is 11.8 Å². The third-order valence-corrected chi connectivity index (χ3v) is 9.72. The first-order valence-corrected chi connectivity index (χ1v) is 16.2. The largest absolute Gasteiger partial charge is 0.435 e. The molecule has 4 atom stereocenters. The minimum Gasteiger partial charge on any atom is -0.397 e. The summed E-state index contributed by atoms with van der Waals surface area (Å²) in [6.07, 6.45) is -1.35. The molecule has 262 valence electrons. The van der Waals surface area contributed by atoms with E-state index in [1.165, 1.54) is 48.1 Å². The fourth-order valence-corrected chi connectivity index (χ4v) is 7.14. The Balaban J connectivity index is 1.02. The van der Waals surface area contributed by atoms with Gasteiger partial charge in [0.2, 0.25) is 5.91 Å². The van der Waals surface area contributed by atoms with Gasteiger partial charge in [0.1, 0.15) is 0 Å². The number of fused-ring (bicyclic) bond motifs is 1. The van der Waals surface area contributed by atoms with Gasteiger partial charge in [0, 0.05) is 63.5 Å². The smallest absolute Gasteiger partial charge is 0.397 e. The minimum atomic E-state index is -4.82. The number of benzene rings is 1. The van der Waals surface area contributed by atoms with Crippen molar-refractivity contribution < 1.29 is 32.7 Å². The van der Waals surface area contributed by atoms with E-state index in [4.69, 9.17) is 17.3 Å². The summed E-state index contributed by atoms with van der Waals surface area (Å²) in [7, 11) is 1.40. The molecule has 0 aliphatic carbocycles. The number of anilines is 2. The van der Waals surface area contributed by atoms with Gasteiger partial charge in [-0.3, -0.25) is 14.4 Å². The number of rotatable bonds is 6. The highest BCUT2D eigenvalue weighted by Crippen LogP contribution is 2.37. The zero-order valence-electron chi connectivity index (χ0n) is 26.6. The Morgan fingerprint density at radius 2 is 1.76 bits per heavy atom. The summed E-state index contributed by atoms with van der Waals surface area (Å²) in [5, 5.41) is 19.3. The third-order valence-electron chi connectivity index (χ3n) is 9.40. The van der Waals surface area contributed by atoms with Gasteiger partial charge in [-0.1, -0.05) is 11.6 Å². The van der Waals surface area contributed by atoms with Gasteiger partial charge < -0.3 is 35.8 Å². The molecule has 3 amide bonds. The van der Waals surface area contributed by atoms with Crippen LogP contribution in [0.15, 0.2) is 48.9 Å². The van der Waals surface area contributed by atoms with Crippen LogP contribution in [0, 0.1) is 11.8 Å². The van der Waals surface area contributed by atoms with Crippen molar-refractivity contribution in [2.45, 2.75) is 24.7 Å². The molecule has 3 aromatic heterocycles. The monoisotopic (exact) mass is 712 g/mol. The van der Waals surface area contributed by atoms with Crippen LogP contribution < -0.4 is 16.4 Å². The van der Waals surface area contributed by atoms with Crippen molar-refractivity contribution in [2.24, 2.45) is 18.9 Å². The number of aliphatic hydroxyl groups excluding tert-OH is 1. The number of carbonyl (C=O) groups is 3. The molecule has 3 aliphatic rings. The molecule has 3 fully saturated rings. The zero-order valence-corrected chi connectivity index (χ0v) is 27.3. The van der Waals surface area contributed by atoms with Gasteiger partial charge in [0.15, 0.2) is 17.3 Å². The van der Waals surface area contributed by atoms with Crippen LogP contribution in [-0.2, 0) is 18.0 Å². The predicted octanol–water partition coefficient (Wildman–Crippen LogP) is 2.43. The molecule has 3 aliphatic heterocycles. The summed E-state index contributed by atoms with van der Waals surface area (Å²) < 4.78 is 44.2. The van der Waals surface area contributed by atoms with Gasteiger partial charge in [-0.05, 0) is 36.8 Å². The van der Waals surface area contributed by atoms with E-state index in [2.05, 4.69) is 25.7 Å². The number of imidazole rings is 1. The summed E-state index contributed by atoms with van der Waals surface area (Å²) >= 11 is 6.51. The van der Waals surface area contributed by atoms with Gasteiger partial charge in [-0.25, -0.2) is 14.6 Å². The number of nitrogen functional groups attached to an aromatic ring is 1. The Labute approximate surface area is 288 Å². The van der Waals surface area contributed by atoms with E-state index >= 15 is 0 Å². The fourth-order valence-electron chi connectivity index (χ4n) is 6.88. The molecule has 0 spiro atoms. The summed E-state index contributed by atoms with van der Waals surface area (Å²) in [5.41, 5.74) is 4.95. The van der Waals surface area contributed by atoms with E-state index in [-0.39, 0.29) is 68.9 Å². The van der Waals surface area contributed by atoms with Gasteiger partial charge in [-0.2, -0.15) is 18.3 Å². The summed E-state index contributed by atoms with van der Waals surface area (Å²) in [6, 6.07) is 6.95. The van der Waals surface area contributed by atoms with Gasteiger partial charge >= 0.3 is 6.18 Å². The van der Waals surface area contributed by atoms with Crippen molar-refractivity contribution in [3.63, 3.8) is 0 Å². The molecule has 0 bridgehead atoms. The average molecular weight is 713 g/mol. The van der Waals surface area contributed by atoms with Gasteiger partial charge in [-0.15, -0.1) is 0 Å². The van der Waals surface area contributed by atoms with Crippen LogP contribution in [0.1, 0.15) is 33.1 Å². The number of likely N-dealkylation sites (tertiary alicyclic amines) is 2. The first-order chi connectivity index (χ1) is 23.8. The molecule has 6 heterocycles. The highest BCUT2D eigenvalue weighted by Gasteiger charge is 2.45. The summed E-state index contributed by atoms with van der Waals surface area (Å²) in [6.45, 7) is 2.41. The van der Waals surface area contributed by atoms with Crippen molar-refractivity contribution >= 4 is 40.7 Å². The molecule has 4 aromatic rings. The number of β-amino-alcohol motifs (C(OH)–C–C–N with tert-alkyl or cyclic N) is 1. The maximum atomic E-state index is 14.0. The maximum absolute atomic E-state index is 14.0. The van der Waals surface area contributed by atoms with Crippen LogP contribution in [-0.4, -0.2) is 102 Å². The second kappa shape index (κ2) is 12.7. The Morgan fingerprint density at radius 1 is 1.04 bits per heavy atom. The molecule has 2 unspecified atom stereocenters. The first kappa shape index (κ1) is 33.5. The van der Waals surface area contributed by atoms with E-state index in [0.29, 0.717) is 44.8 Å². The van der Waals surface area contributed by atoms with Crippen LogP contribution in [0.3, 0.4) is 0 Å². The third kappa shape index (κ3) is 6.27. The van der Waals surface area contributed by atoms with Crippen LogP contribution in [0.4, 0.5) is 24.5 Å². The summed E-state index contributed by atoms with van der Waals surface area (Å²) in [4.78, 5) is 51.1. The van der Waals surface area contributed by atoms with E-state index in [0.717, 1.165) is 17.1 Å². The Kier molecular flexibility index (Phi) is 8.52. The Bertz CT molecular complexity index is 1970. The van der Waals surface area contributed by atoms with E-state index < -0.39 is 23.9 Å².